The summed E-state index contributed by atoms with van der Waals surface area (Å²) in [6.45, 7) is 3.98. The molecule has 0 bridgehead atoms. The number of benzene rings is 1. The van der Waals surface area contributed by atoms with Crippen molar-refractivity contribution in [3.63, 3.8) is 0 Å². The number of anilines is 1. The Kier molecular flexibility index (Phi) is 3.84. The molecule has 0 aliphatic carbocycles. The van der Waals surface area contributed by atoms with Gasteiger partial charge in [0.05, 0.1) is 15.5 Å². The van der Waals surface area contributed by atoms with Crippen LogP contribution in [-0.2, 0) is 0 Å². The topological polar surface area (TPSA) is 12.0 Å². The maximum absolute atomic E-state index is 13.6. The largest absolute Gasteiger partial charge is 0.375 e. The quantitative estimate of drug-likeness (QED) is 0.828. The van der Waals surface area contributed by atoms with Crippen molar-refractivity contribution >= 4 is 33.0 Å². The summed E-state index contributed by atoms with van der Waals surface area (Å²) < 4.78 is 14.7. The van der Waals surface area contributed by atoms with Crippen LogP contribution in [0.25, 0.3) is 0 Å². The van der Waals surface area contributed by atoms with Gasteiger partial charge in [-0.25, -0.2) is 4.39 Å². The van der Waals surface area contributed by atoms with Gasteiger partial charge < -0.3 is 5.32 Å². The van der Waals surface area contributed by atoms with Crippen molar-refractivity contribution < 1.29 is 4.39 Å². The van der Waals surface area contributed by atoms with Gasteiger partial charge in [0, 0.05) is 4.88 Å². The van der Waals surface area contributed by atoms with Crippen LogP contribution in [0.15, 0.2) is 34.1 Å². The van der Waals surface area contributed by atoms with Crippen molar-refractivity contribution in [2.24, 2.45) is 0 Å². The Balaban J connectivity index is 2.18. The maximum atomic E-state index is 13.6. The summed E-state index contributed by atoms with van der Waals surface area (Å²) in [5.74, 6) is -0.210. The van der Waals surface area contributed by atoms with Crippen molar-refractivity contribution in [1.82, 2.24) is 0 Å². The first kappa shape index (κ1) is 12.6. The third-order valence-electron chi connectivity index (χ3n) is 2.51. The number of rotatable bonds is 3. The molecule has 0 fully saturated rings. The minimum Gasteiger partial charge on any atom is -0.375 e. The molecule has 1 unspecified atom stereocenters. The zero-order valence-corrected chi connectivity index (χ0v) is 12.0. The van der Waals surface area contributed by atoms with Crippen molar-refractivity contribution in [2.45, 2.75) is 19.9 Å². The van der Waals surface area contributed by atoms with Crippen molar-refractivity contribution in [3.05, 3.63) is 50.4 Å². The van der Waals surface area contributed by atoms with Crippen LogP contribution in [0.3, 0.4) is 0 Å². The highest BCUT2D eigenvalue weighted by atomic mass is 79.9. The smallest absolute Gasteiger partial charge is 0.146 e. The molecule has 17 heavy (non-hydrogen) atoms. The molecule has 0 aliphatic rings. The molecule has 0 spiro atoms. The Bertz CT molecular complexity index is 524. The van der Waals surface area contributed by atoms with E-state index in [4.69, 9.17) is 0 Å². The van der Waals surface area contributed by atoms with E-state index >= 15 is 0 Å². The van der Waals surface area contributed by atoms with Crippen LogP contribution in [0.2, 0.25) is 0 Å². The molecule has 0 saturated carbocycles. The molecule has 90 valence electrons. The summed E-state index contributed by atoms with van der Waals surface area (Å²) in [6.07, 6.45) is 0. The molecule has 2 rings (SSSR count). The lowest BCUT2D eigenvalue weighted by Crippen LogP contribution is -2.06. The monoisotopic (exact) mass is 313 g/mol. The van der Waals surface area contributed by atoms with E-state index in [2.05, 4.69) is 21.2 Å². The second kappa shape index (κ2) is 5.19. The molecular formula is C13H13BrFNS. The van der Waals surface area contributed by atoms with E-state index in [1.807, 2.05) is 32.0 Å². The van der Waals surface area contributed by atoms with Crippen molar-refractivity contribution in [1.29, 1.82) is 0 Å². The molecule has 0 radical (unpaired) electrons. The summed E-state index contributed by atoms with van der Waals surface area (Å²) in [7, 11) is 0. The molecule has 0 saturated heterocycles. The molecule has 0 amide bonds. The molecule has 1 heterocycles. The lowest BCUT2D eigenvalue weighted by molar-refractivity contribution is 0.627. The van der Waals surface area contributed by atoms with Crippen LogP contribution >= 0.6 is 27.3 Å². The minimum absolute atomic E-state index is 0.0996. The minimum atomic E-state index is -0.210. The Hall–Kier alpha value is -0.870. The van der Waals surface area contributed by atoms with Crippen LogP contribution in [-0.4, -0.2) is 0 Å². The summed E-state index contributed by atoms with van der Waals surface area (Å²) in [6, 6.07) is 9.24. The van der Waals surface area contributed by atoms with Crippen LogP contribution in [0.5, 0.6) is 0 Å². The average Bonchev–Trinajstić information content (AvgIpc) is 2.70. The van der Waals surface area contributed by atoms with E-state index < -0.39 is 0 Å². The first-order chi connectivity index (χ1) is 8.06. The SMILES string of the molecule is Cc1ccc(F)c(NC(C)c2ccc(Br)s2)c1. The van der Waals surface area contributed by atoms with Crippen molar-refractivity contribution in [2.75, 3.05) is 5.32 Å². The Morgan fingerprint density at radius 3 is 2.71 bits per heavy atom. The first-order valence-corrected chi connectivity index (χ1v) is 6.95. The molecule has 1 N–H and O–H groups in total. The molecule has 1 aromatic heterocycles. The molecule has 0 aliphatic heterocycles. The number of thiophene rings is 1. The van der Waals surface area contributed by atoms with E-state index in [1.165, 1.54) is 10.9 Å². The molecular weight excluding hydrogens is 301 g/mol. The fraction of sp³-hybridized carbons (Fsp3) is 0.231. The number of aryl methyl sites for hydroxylation is 1. The number of hydrogen-bond donors (Lipinski definition) is 1. The van der Waals surface area contributed by atoms with Crippen LogP contribution in [0.4, 0.5) is 10.1 Å². The van der Waals surface area contributed by atoms with E-state index in [0.717, 1.165) is 9.35 Å². The Morgan fingerprint density at radius 2 is 2.06 bits per heavy atom. The van der Waals surface area contributed by atoms with Gasteiger partial charge in [-0.3, -0.25) is 0 Å². The third-order valence-corrected chi connectivity index (χ3v) is 4.32. The van der Waals surface area contributed by atoms with Gasteiger partial charge in [-0.15, -0.1) is 11.3 Å². The van der Waals surface area contributed by atoms with E-state index in [0.29, 0.717) is 5.69 Å². The molecule has 1 nitrogen and oxygen atoms in total. The molecule has 4 heteroatoms. The standard InChI is InChI=1S/C13H13BrFNS/c1-8-3-4-10(15)11(7-8)16-9(2)12-5-6-13(14)17-12/h3-7,9,16H,1-2H3. The van der Waals surface area contributed by atoms with Gasteiger partial charge in [-0.2, -0.15) is 0 Å². The summed E-state index contributed by atoms with van der Waals surface area (Å²) in [4.78, 5) is 1.18. The maximum Gasteiger partial charge on any atom is 0.146 e. The van der Waals surface area contributed by atoms with Gasteiger partial charge in [0.15, 0.2) is 0 Å². The summed E-state index contributed by atoms with van der Waals surface area (Å²) in [5, 5.41) is 3.20. The summed E-state index contributed by atoms with van der Waals surface area (Å²) >= 11 is 5.09. The van der Waals surface area contributed by atoms with E-state index in [1.54, 1.807) is 17.4 Å². The van der Waals surface area contributed by atoms with Crippen LogP contribution < -0.4 is 5.32 Å². The van der Waals surface area contributed by atoms with Gasteiger partial charge >= 0.3 is 0 Å². The number of nitrogens with one attached hydrogen (secondary N) is 1. The van der Waals surface area contributed by atoms with Crippen LogP contribution in [0.1, 0.15) is 23.4 Å². The predicted molar refractivity (Wildman–Crippen MR) is 75.2 cm³/mol. The van der Waals surface area contributed by atoms with Crippen molar-refractivity contribution in [3.8, 4) is 0 Å². The lowest BCUT2D eigenvalue weighted by Gasteiger charge is -2.14. The summed E-state index contributed by atoms with van der Waals surface area (Å²) in [5.41, 5.74) is 1.61. The fourth-order valence-corrected chi connectivity index (χ4v) is 3.04. The average molecular weight is 314 g/mol. The molecule has 1 aromatic carbocycles. The Morgan fingerprint density at radius 1 is 1.29 bits per heavy atom. The Labute approximate surface area is 113 Å². The second-order valence-corrected chi connectivity index (χ2v) is 6.49. The van der Waals surface area contributed by atoms with Gasteiger partial charge in [0.2, 0.25) is 0 Å². The third kappa shape index (κ3) is 3.07. The second-order valence-electron chi connectivity index (χ2n) is 3.99. The number of halogens is 2. The van der Waals surface area contributed by atoms with Crippen LogP contribution in [0, 0.1) is 12.7 Å². The zero-order valence-electron chi connectivity index (χ0n) is 9.63. The van der Waals surface area contributed by atoms with Gasteiger partial charge in [-0.05, 0) is 59.6 Å². The fourth-order valence-electron chi connectivity index (χ4n) is 1.62. The van der Waals surface area contributed by atoms with Gasteiger partial charge in [0.25, 0.3) is 0 Å². The highest BCUT2D eigenvalue weighted by Crippen LogP contribution is 2.30. The molecule has 2 aromatic rings. The van der Waals surface area contributed by atoms with Gasteiger partial charge in [-0.1, -0.05) is 6.07 Å². The highest BCUT2D eigenvalue weighted by Gasteiger charge is 2.10. The highest BCUT2D eigenvalue weighted by molar-refractivity contribution is 9.11. The zero-order chi connectivity index (χ0) is 12.4. The van der Waals surface area contributed by atoms with E-state index in [9.17, 15) is 4.39 Å². The first-order valence-electron chi connectivity index (χ1n) is 5.34. The predicted octanol–water partition coefficient (Wildman–Crippen LogP) is 5.13. The molecule has 1 atom stereocenters. The number of hydrogen-bond acceptors (Lipinski definition) is 2. The van der Waals surface area contributed by atoms with E-state index in [-0.39, 0.29) is 11.9 Å². The lowest BCUT2D eigenvalue weighted by atomic mass is 10.2. The van der Waals surface area contributed by atoms with Gasteiger partial charge in [0.1, 0.15) is 5.82 Å². The normalized spacial score (nSPS) is 12.5.